The molecule has 0 aromatic rings. The van der Waals surface area contributed by atoms with Gasteiger partial charge in [0.1, 0.15) is 0 Å². The van der Waals surface area contributed by atoms with Crippen molar-refractivity contribution in [1.82, 2.24) is 5.48 Å². The number of carbonyl (C=O) groups is 1. The van der Waals surface area contributed by atoms with Gasteiger partial charge in [-0.2, -0.15) is 5.48 Å². The average Bonchev–Trinajstić information content (AvgIpc) is 3.04. The Bertz CT molecular complexity index is 211. The van der Waals surface area contributed by atoms with E-state index in [1.54, 1.807) is 0 Å². The SMILES string of the molecule is CCCCC(CCCC(N)=O)ONC1CC1.Cl. The van der Waals surface area contributed by atoms with E-state index in [1.807, 2.05) is 0 Å². The molecule has 1 unspecified atom stereocenters. The standard InChI is InChI=1S/C12H24N2O2.ClH/c1-2-3-5-11(6-4-7-12(13)15)16-14-10-8-9-10;/h10-11,14H,2-9H2,1H3,(H2,13,15);1H. The topological polar surface area (TPSA) is 64.4 Å². The number of rotatable bonds is 10. The minimum absolute atomic E-state index is 0. The zero-order valence-electron chi connectivity index (χ0n) is 10.6. The average molecular weight is 265 g/mol. The van der Waals surface area contributed by atoms with Crippen molar-refractivity contribution in [2.24, 2.45) is 5.73 Å². The molecule has 1 amide bonds. The Labute approximate surface area is 110 Å². The number of hydroxylamine groups is 1. The Balaban J connectivity index is 0.00000256. The molecule has 0 aliphatic heterocycles. The number of nitrogens with two attached hydrogens (primary N) is 1. The monoisotopic (exact) mass is 264 g/mol. The summed E-state index contributed by atoms with van der Waals surface area (Å²) in [5, 5.41) is 0. The summed E-state index contributed by atoms with van der Waals surface area (Å²) in [7, 11) is 0. The highest BCUT2D eigenvalue weighted by Crippen LogP contribution is 2.20. The molecule has 1 saturated carbocycles. The summed E-state index contributed by atoms with van der Waals surface area (Å²) in [5.41, 5.74) is 8.20. The van der Waals surface area contributed by atoms with Gasteiger partial charge in [-0.3, -0.25) is 9.63 Å². The molecule has 0 bridgehead atoms. The lowest BCUT2D eigenvalue weighted by atomic mass is 10.1. The number of carbonyl (C=O) groups excluding carboxylic acids is 1. The fourth-order valence-corrected chi connectivity index (χ4v) is 1.59. The first-order valence-corrected chi connectivity index (χ1v) is 6.41. The quantitative estimate of drug-likeness (QED) is 0.595. The van der Waals surface area contributed by atoms with Crippen LogP contribution in [0.1, 0.15) is 58.3 Å². The van der Waals surface area contributed by atoms with Crippen molar-refractivity contribution in [3.05, 3.63) is 0 Å². The van der Waals surface area contributed by atoms with Crippen LogP contribution in [0.3, 0.4) is 0 Å². The number of halogens is 1. The van der Waals surface area contributed by atoms with Crippen LogP contribution in [-0.4, -0.2) is 18.1 Å². The highest BCUT2D eigenvalue weighted by atomic mass is 35.5. The molecule has 1 rings (SSSR count). The molecule has 0 saturated heterocycles. The molecular weight excluding hydrogens is 240 g/mol. The summed E-state index contributed by atoms with van der Waals surface area (Å²) < 4.78 is 0. The molecule has 0 aromatic carbocycles. The maximum absolute atomic E-state index is 10.6. The second kappa shape index (κ2) is 9.68. The number of primary amides is 1. The number of nitrogens with one attached hydrogen (secondary N) is 1. The lowest BCUT2D eigenvalue weighted by molar-refractivity contribution is -0.118. The first-order chi connectivity index (χ1) is 7.72. The van der Waals surface area contributed by atoms with E-state index in [-0.39, 0.29) is 24.4 Å². The van der Waals surface area contributed by atoms with Crippen LogP contribution in [0.4, 0.5) is 0 Å². The summed E-state index contributed by atoms with van der Waals surface area (Å²) in [5.74, 6) is -0.218. The van der Waals surface area contributed by atoms with Gasteiger partial charge in [0.2, 0.25) is 5.91 Å². The maximum Gasteiger partial charge on any atom is 0.217 e. The number of unbranched alkanes of at least 4 members (excludes halogenated alkanes) is 1. The number of amides is 1. The summed E-state index contributed by atoms with van der Waals surface area (Å²) in [4.78, 5) is 16.3. The van der Waals surface area contributed by atoms with E-state index >= 15 is 0 Å². The van der Waals surface area contributed by atoms with E-state index in [4.69, 9.17) is 10.6 Å². The molecule has 4 nitrogen and oxygen atoms in total. The van der Waals surface area contributed by atoms with E-state index in [0.29, 0.717) is 12.5 Å². The van der Waals surface area contributed by atoms with Gasteiger partial charge in [0.15, 0.2) is 0 Å². The van der Waals surface area contributed by atoms with Gasteiger partial charge < -0.3 is 5.73 Å². The van der Waals surface area contributed by atoms with Gasteiger partial charge in [0, 0.05) is 12.5 Å². The van der Waals surface area contributed by atoms with Gasteiger partial charge in [0.05, 0.1) is 6.10 Å². The fraction of sp³-hybridized carbons (Fsp3) is 0.917. The van der Waals surface area contributed by atoms with Crippen LogP contribution in [0.5, 0.6) is 0 Å². The molecule has 3 N–H and O–H groups in total. The van der Waals surface area contributed by atoms with Crippen LogP contribution < -0.4 is 11.2 Å². The third-order valence-corrected chi connectivity index (χ3v) is 2.81. The summed E-state index contributed by atoms with van der Waals surface area (Å²) in [6.45, 7) is 2.18. The molecule has 1 aliphatic rings. The molecule has 0 aromatic heterocycles. The molecule has 0 heterocycles. The van der Waals surface area contributed by atoms with E-state index in [2.05, 4.69) is 12.4 Å². The van der Waals surface area contributed by atoms with E-state index in [1.165, 1.54) is 25.7 Å². The normalized spacial score (nSPS) is 16.3. The lowest BCUT2D eigenvalue weighted by Crippen LogP contribution is -2.26. The van der Waals surface area contributed by atoms with Crippen LogP contribution in [0, 0.1) is 0 Å². The highest BCUT2D eigenvalue weighted by Gasteiger charge is 2.22. The van der Waals surface area contributed by atoms with Crippen molar-refractivity contribution in [2.45, 2.75) is 70.4 Å². The van der Waals surface area contributed by atoms with Crippen LogP contribution in [0.15, 0.2) is 0 Å². The second-order valence-electron chi connectivity index (χ2n) is 4.63. The third kappa shape index (κ3) is 9.39. The first kappa shape index (κ1) is 16.7. The van der Waals surface area contributed by atoms with Gasteiger partial charge in [-0.05, 0) is 32.1 Å². The summed E-state index contributed by atoms with van der Waals surface area (Å²) in [6, 6.07) is 0.570. The van der Waals surface area contributed by atoms with Crippen LogP contribution in [-0.2, 0) is 9.63 Å². The van der Waals surface area contributed by atoms with E-state index < -0.39 is 0 Å². The zero-order chi connectivity index (χ0) is 11.8. The largest absolute Gasteiger partial charge is 0.370 e. The van der Waals surface area contributed by atoms with Crippen molar-refractivity contribution in [3.8, 4) is 0 Å². The predicted molar refractivity (Wildman–Crippen MR) is 70.8 cm³/mol. The van der Waals surface area contributed by atoms with Gasteiger partial charge >= 0.3 is 0 Å². The van der Waals surface area contributed by atoms with Crippen LogP contribution in [0.25, 0.3) is 0 Å². The van der Waals surface area contributed by atoms with Gasteiger partial charge in [-0.1, -0.05) is 19.8 Å². The molecule has 1 aliphatic carbocycles. The Morgan fingerprint density at radius 1 is 1.41 bits per heavy atom. The Morgan fingerprint density at radius 2 is 2.06 bits per heavy atom. The minimum atomic E-state index is -0.218. The fourth-order valence-electron chi connectivity index (χ4n) is 1.59. The molecule has 0 spiro atoms. The molecule has 0 radical (unpaired) electrons. The molecule has 1 atom stereocenters. The molecular formula is C12H25ClN2O2. The van der Waals surface area contributed by atoms with Crippen LogP contribution >= 0.6 is 12.4 Å². The van der Waals surface area contributed by atoms with Crippen molar-refractivity contribution < 1.29 is 9.63 Å². The van der Waals surface area contributed by atoms with Crippen LogP contribution in [0.2, 0.25) is 0 Å². The van der Waals surface area contributed by atoms with E-state index in [9.17, 15) is 4.79 Å². The summed E-state index contributed by atoms with van der Waals surface area (Å²) >= 11 is 0. The second-order valence-corrected chi connectivity index (χ2v) is 4.63. The zero-order valence-corrected chi connectivity index (χ0v) is 11.4. The third-order valence-electron chi connectivity index (χ3n) is 2.81. The van der Waals surface area contributed by atoms with Gasteiger partial charge in [0.25, 0.3) is 0 Å². The molecule has 5 heteroatoms. The minimum Gasteiger partial charge on any atom is -0.370 e. The van der Waals surface area contributed by atoms with Crippen molar-refractivity contribution in [3.63, 3.8) is 0 Å². The maximum atomic E-state index is 10.6. The number of hydrogen-bond acceptors (Lipinski definition) is 3. The Kier molecular flexibility index (Phi) is 9.50. The number of hydrogen-bond donors (Lipinski definition) is 2. The Hall–Kier alpha value is -0.320. The predicted octanol–water partition coefficient (Wildman–Crippen LogP) is 2.31. The van der Waals surface area contributed by atoms with E-state index in [0.717, 1.165) is 19.3 Å². The van der Waals surface area contributed by atoms with Gasteiger partial charge in [-0.15, -0.1) is 12.4 Å². The summed E-state index contributed by atoms with van der Waals surface area (Å²) in [6.07, 6.45) is 8.32. The smallest absolute Gasteiger partial charge is 0.217 e. The first-order valence-electron chi connectivity index (χ1n) is 6.41. The van der Waals surface area contributed by atoms with Crippen molar-refractivity contribution in [2.75, 3.05) is 0 Å². The molecule has 102 valence electrons. The lowest BCUT2D eigenvalue weighted by Gasteiger charge is -2.17. The van der Waals surface area contributed by atoms with Crippen molar-refractivity contribution in [1.29, 1.82) is 0 Å². The van der Waals surface area contributed by atoms with Gasteiger partial charge in [-0.25, -0.2) is 0 Å². The molecule has 17 heavy (non-hydrogen) atoms. The van der Waals surface area contributed by atoms with Crippen molar-refractivity contribution >= 4 is 18.3 Å². The Morgan fingerprint density at radius 3 is 2.59 bits per heavy atom. The highest BCUT2D eigenvalue weighted by molar-refractivity contribution is 5.85. The molecule has 1 fully saturated rings.